The topological polar surface area (TPSA) is 81.4 Å². The van der Waals surface area contributed by atoms with Crippen molar-refractivity contribution in [3.8, 4) is 5.75 Å². The van der Waals surface area contributed by atoms with Gasteiger partial charge in [-0.15, -0.1) is 0 Å². The van der Waals surface area contributed by atoms with Gasteiger partial charge in [-0.3, -0.25) is 9.59 Å². The predicted molar refractivity (Wildman–Crippen MR) is 136 cm³/mol. The fourth-order valence-corrected chi connectivity index (χ4v) is 4.45. The first kappa shape index (κ1) is 26.4. The number of nitrogens with two attached hydrogens (primary N) is 1. The third kappa shape index (κ3) is 7.08. The number of rotatable bonds is 10. The van der Waals surface area contributed by atoms with E-state index in [9.17, 15) is 9.59 Å². The summed E-state index contributed by atoms with van der Waals surface area (Å²) in [5, 5.41) is 3.08. The molecule has 33 heavy (non-hydrogen) atoms. The van der Waals surface area contributed by atoms with Crippen molar-refractivity contribution in [1.29, 1.82) is 0 Å². The fraction of sp³-hybridized carbons (Fsp3) is 0.500. The van der Waals surface area contributed by atoms with Crippen molar-refractivity contribution in [2.45, 2.75) is 85.0 Å². The molecule has 0 aliphatic heterocycles. The fourth-order valence-electron chi connectivity index (χ4n) is 4.45. The van der Waals surface area contributed by atoms with Gasteiger partial charge in [0.2, 0.25) is 11.8 Å². The molecule has 0 saturated carbocycles. The number of nitrogens with one attached hydrogen (secondary N) is 1. The third-order valence-electron chi connectivity index (χ3n) is 6.13. The second kappa shape index (κ2) is 11.4. The largest absolute Gasteiger partial charge is 0.496 e. The van der Waals surface area contributed by atoms with Gasteiger partial charge in [0.1, 0.15) is 5.75 Å². The lowest BCUT2D eigenvalue weighted by molar-refractivity contribution is -0.116. The molecule has 2 rings (SSSR count). The van der Waals surface area contributed by atoms with E-state index in [2.05, 4.69) is 45.1 Å². The summed E-state index contributed by atoms with van der Waals surface area (Å²) in [6.07, 6.45) is 4.66. The Kier molecular flexibility index (Phi) is 9.09. The van der Waals surface area contributed by atoms with E-state index < -0.39 is 5.91 Å². The zero-order valence-corrected chi connectivity index (χ0v) is 21.3. The van der Waals surface area contributed by atoms with Gasteiger partial charge in [0.15, 0.2) is 0 Å². The summed E-state index contributed by atoms with van der Waals surface area (Å²) in [5.74, 6) is 0.438. The maximum atomic E-state index is 13.2. The lowest BCUT2D eigenvalue weighted by atomic mass is 9.84. The molecule has 0 saturated heterocycles. The molecule has 5 heteroatoms. The molecule has 5 nitrogen and oxygen atoms in total. The zero-order chi connectivity index (χ0) is 24.8. The number of carbonyl (C=O) groups is 2. The SMILES string of the molecule is CCCCCC(CC(=O)Nc1cc(C(N)=O)ccc1C(C)(C)C)c1cc(C)c(OC)c(C)c1. The van der Waals surface area contributed by atoms with Gasteiger partial charge >= 0.3 is 0 Å². The number of unbranched alkanes of at least 4 members (excludes halogenated alkanes) is 2. The van der Waals surface area contributed by atoms with Crippen LogP contribution in [0.3, 0.4) is 0 Å². The number of hydrogen-bond donors (Lipinski definition) is 2. The van der Waals surface area contributed by atoms with Crippen LogP contribution in [0.15, 0.2) is 30.3 Å². The van der Waals surface area contributed by atoms with E-state index in [1.54, 1.807) is 19.2 Å². The Morgan fingerprint density at radius 1 is 1.06 bits per heavy atom. The van der Waals surface area contributed by atoms with Crippen molar-refractivity contribution < 1.29 is 14.3 Å². The van der Waals surface area contributed by atoms with E-state index in [0.717, 1.165) is 48.1 Å². The van der Waals surface area contributed by atoms with Crippen molar-refractivity contribution >= 4 is 17.5 Å². The van der Waals surface area contributed by atoms with Gasteiger partial charge in [0, 0.05) is 17.7 Å². The standard InChI is InChI=1S/C28H40N2O3/c1-8-9-10-11-20(22-14-18(2)26(33-7)19(3)15-22)17-25(31)30-24-16-21(27(29)32)12-13-23(24)28(4,5)6/h12-16,20H,8-11,17H2,1-7H3,(H2,29,32)(H,30,31). The average Bonchev–Trinajstić information content (AvgIpc) is 2.72. The van der Waals surface area contributed by atoms with Crippen LogP contribution in [0.2, 0.25) is 0 Å². The number of benzene rings is 2. The highest BCUT2D eigenvalue weighted by molar-refractivity contribution is 5.97. The van der Waals surface area contributed by atoms with Gasteiger partial charge in [0.25, 0.3) is 0 Å². The molecule has 3 N–H and O–H groups in total. The van der Waals surface area contributed by atoms with Crippen LogP contribution in [-0.4, -0.2) is 18.9 Å². The first-order valence-corrected chi connectivity index (χ1v) is 11.9. The minimum Gasteiger partial charge on any atom is -0.496 e. The van der Waals surface area contributed by atoms with Gasteiger partial charge in [-0.1, -0.05) is 65.2 Å². The number of anilines is 1. The Morgan fingerprint density at radius 2 is 1.70 bits per heavy atom. The van der Waals surface area contributed by atoms with Gasteiger partial charge in [-0.05, 0) is 66.0 Å². The van der Waals surface area contributed by atoms with E-state index in [-0.39, 0.29) is 17.2 Å². The van der Waals surface area contributed by atoms with E-state index in [4.69, 9.17) is 10.5 Å². The monoisotopic (exact) mass is 452 g/mol. The lowest BCUT2D eigenvalue weighted by Gasteiger charge is -2.25. The Labute approximate surface area is 199 Å². The summed E-state index contributed by atoms with van der Waals surface area (Å²) in [4.78, 5) is 25.0. The van der Waals surface area contributed by atoms with Crippen molar-refractivity contribution in [3.63, 3.8) is 0 Å². The van der Waals surface area contributed by atoms with E-state index in [1.165, 1.54) is 5.56 Å². The highest BCUT2D eigenvalue weighted by Crippen LogP contribution is 2.34. The van der Waals surface area contributed by atoms with Crippen molar-refractivity contribution in [2.24, 2.45) is 5.73 Å². The van der Waals surface area contributed by atoms with Crippen LogP contribution in [0.25, 0.3) is 0 Å². The van der Waals surface area contributed by atoms with Crippen LogP contribution in [-0.2, 0) is 10.2 Å². The summed E-state index contributed by atoms with van der Waals surface area (Å²) >= 11 is 0. The molecule has 2 amide bonds. The molecular weight excluding hydrogens is 412 g/mol. The summed E-state index contributed by atoms with van der Waals surface area (Å²) in [6, 6.07) is 9.57. The van der Waals surface area contributed by atoms with Crippen LogP contribution in [0.5, 0.6) is 5.75 Å². The van der Waals surface area contributed by atoms with Gasteiger partial charge < -0.3 is 15.8 Å². The average molecular weight is 453 g/mol. The van der Waals surface area contributed by atoms with E-state index in [1.807, 2.05) is 19.9 Å². The first-order chi connectivity index (χ1) is 15.5. The minimum atomic E-state index is -0.507. The predicted octanol–water partition coefficient (Wildman–Crippen LogP) is 6.40. The van der Waals surface area contributed by atoms with Crippen LogP contribution in [0, 0.1) is 13.8 Å². The Hall–Kier alpha value is -2.82. The highest BCUT2D eigenvalue weighted by atomic mass is 16.5. The van der Waals surface area contributed by atoms with Crippen LogP contribution >= 0.6 is 0 Å². The van der Waals surface area contributed by atoms with Crippen LogP contribution in [0.1, 0.15) is 98.3 Å². The van der Waals surface area contributed by atoms with E-state index >= 15 is 0 Å². The van der Waals surface area contributed by atoms with Gasteiger partial charge in [-0.25, -0.2) is 0 Å². The quantitative estimate of drug-likeness (QED) is 0.409. The molecule has 0 aliphatic carbocycles. The number of primary amides is 1. The molecule has 180 valence electrons. The second-order valence-corrected chi connectivity index (χ2v) is 10.0. The maximum Gasteiger partial charge on any atom is 0.248 e. The molecule has 2 aromatic carbocycles. The summed E-state index contributed by atoms with van der Waals surface area (Å²) in [7, 11) is 1.69. The van der Waals surface area contributed by atoms with Crippen molar-refractivity contribution in [1.82, 2.24) is 0 Å². The number of hydrogen-bond acceptors (Lipinski definition) is 3. The number of ether oxygens (including phenoxy) is 1. The Morgan fingerprint density at radius 3 is 2.21 bits per heavy atom. The summed E-state index contributed by atoms with van der Waals surface area (Å²) in [6.45, 7) is 12.5. The molecule has 1 atom stereocenters. The molecule has 0 heterocycles. The molecule has 0 spiro atoms. The number of aryl methyl sites for hydroxylation is 2. The molecule has 2 aromatic rings. The highest BCUT2D eigenvalue weighted by Gasteiger charge is 2.23. The lowest BCUT2D eigenvalue weighted by Crippen LogP contribution is -2.21. The number of methoxy groups -OCH3 is 1. The van der Waals surface area contributed by atoms with Crippen molar-refractivity contribution in [3.05, 3.63) is 58.1 Å². The van der Waals surface area contributed by atoms with Gasteiger partial charge in [0.05, 0.1) is 7.11 Å². The summed E-state index contributed by atoms with van der Waals surface area (Å²) < 4.78 is 5.53. The van der Waals surface area contributed by atoms with Crippen LogP contribution in [0.4, 0.5) is 5.69 Å². The van der Waals surface area contributed by atoms with Gasteiger partial charge in [-0.2, -0.15) is 0 Å². The second-order valence-electron chi connectivity index (χ2n) is 10.0. The van der Waals surface area contributed by atoms with Crippen molar-refractivity contribution in [2.75, 3.05) is 12.4 Å². The third-order valence-corrected chi connectivity index (χ3v) is 6.13. The molecule has 0 radical (unpaired) electrons. The Balaban J connectivity index is 2.34. The van der Waals surface area contributed by atoms with E-state index in [0.29, 0.717) is 17.7 Å². The molecule has 0 aromatic heterocycles. The Bertz CT molecular complexity index is 966. The number of amides is 2. The minimum absolute atomic E-state index is 0.0604. The summed E-state index contributed by atoms with van der Waals surface area (Å²) in [5.41, 5.74) is 10.6. The molecule has 1 unspecified atom stereocenters. The molecular formula is C28H40N2O3. The zero-order valence-electron chi connectivity index (χ0n) is 21.3. The van der Waals surface area contributed by atoms with Crippen LogP contribution < -0.4 is 15.8 Å². The maximum absolute atomic E-state index is 13.2. The molecule has 0 aliphatic rings. The first-order valence-electron chi connectivity index (χ1n) is 11.9. The molecule has 0 fully saturated rings. The smallest absolute Gasteiger partial charge is 0.248 e. The number of carbonyl (C=O) groups excluding carboxylic acids is 2. The normalized spacial score (nSPS) is 12.3. The molecule has 0 bridgehead atoms.